The number of rotatable bonds is 3. The first-order valence-electron chi connectivity index (χ1n) is 12.3. The maximum Gasteiger partial charge on any atom is 0.213 e. The monoisotopic (exact) mass is 370 g/mol. The van der Waals surface area contributed by atoms with Crippen LogP contribution in [0.25, 0.3) is 33.5 Å². The Balaban J connectivity index is 1.96. The van der Waals surface area contributed by atoms with Gasteiger partial charge in [-0.2, -0.15) is 0 Å². The van der Waals surface area contributed by atoms with Gasteiger partial charge in [0.15, 0.2) is 6.20 Å². The van der Waals surface area contributed by atoms with E-state index in [1.807, 2.05) is 85.3 Å². The van der Waals surface area contributed by atoms with E-state index in [9.17, 15) is 0 Å². The molecule has 0 aliphatic carbocycles. The molecule has 0 aliphatic rings. The van der Waals surface area contributed by atoms with Crippen LogP contribution < -0.4 is 4.57 Å². The van der Waals surface area contributed by atoms with Crippen molar-refractivity contribution in [3.63, 3.8) is 0 Å². The van der Waals surface area contributed by atoms with Gasteiger partial charge in [-0.15, -0.1) is 0 Å². The molecule has 0 fully saturated rings. The number of hydrogen-bond acceptors (Lipinski definition) is 0. The van der Waals surface area contributed by atoms with Crippen LogP contribution in [0.4, 0.5) is 0 Å². The predicted octanol–water partition coefficient (Wildman–Crippen LogP) is 6.44. The molecular formula is C27H26N+. The summed E-state index contributed by atoms with van der Waals surface area (Å²) < 4.78 is 49.9. The molecule has 0 spiro atoms. The molecule has 0 radical (unpaired) electrons. The highest BCUT2D eigenvalue weighted by molar-refractivity contribution is 5.79. The molecule has 3 aromatic carbocycles. The molecule has 138 valence electrons. The van der Waals surface area contributed by atoms with E-state index < -0.39 is 13.7 Å². The molecule has 4 rings (SSSR count). The second kappa shape index (κ2) is 7.44. The summed E-state index contributed by atoms with van der Waals surface area (Å²) in [5, 5.41) is 0. The topological polar surface area (TPSA) is 3.88 Å². The lowest BCUT2D eigenvalue weighted by Gasteiger charge is -2.14. The first-order chi connectivity index (χ1) is 16.0. The summed E-state index contributed by atoms with van der Waals surface area (Å²) in [6, 6.07) is 24.3. The van der Waals surface area contributed by atoms with Crippen LogP contribution in [0.15, 0.2) is 85.1 Å². The van der Waals surface area contributed by atoms with Gasteiger partial charge >= 0.3 is 0 Å². The quantitative estimate of drug-likeness (QED) is 0.365. The van der Waals surface area contributed by atoms with Crippen LogP contribution in [0.2, 0.25) is 0 Å². The molecule has 28 heavy (non-hydrogen) atoms. The van der Waals surface area contributed by atoms with E-state index >= 15 is 0 Å². The smallest absolute Gasteiger partial charge is 0.201 e. The van der Waals surface area contributed by atoms with E-state index in [1.165, 1.54) is 0 Å². The van der Waals surface area contributed by atoms with Crippen molar-refractivity contribution in [1.29, 1.82) is 0 Å². The van der Waals surface area contributed by atoms with E-state index in [0.717, 1.165) is 27.9 Å². The fourth-order valence-corrected chi connectivity index (χ4v) is 3.70. The van der Waals surface area contributed by atoms with Crippen LogP contribution in [0.5, 0.6) is 0 Å². The van der Waals surface area contributed by atoms with Gasteiger partial charge in [0.05, 0.1) is 0 Å². The number of pyridine rings is 1. The standard InChI is InChI=1S/C27H26N/c1-19-11-8-9-14-23(19)24-15-10-16-25(21(24)3)27-17-26(20(2)18-28(27)4)22-12-6-5-7-13-22/h5-18H,1-4H3/q+1/i1D3,2D3. The Kier molecular flexibility index (Phi) is 3.27. The Labute approximate surface area is 176 Å². The summed E-state index contributed by atoms with van der Waals surface area (Å²) >= 11 is 0. The highest BCUT2D eigenvalue weighted by atomic mass is 14.9. The zero-order valence-corrected chi connectivity index (χ0v) is 16.0. The zero-order valence-electron chi connectivity index (χ0n) is 22.0. The van der Waals surface area contributed by atoms with Gasteiger partial charge in [-0.05, 0) is 60.1 Å². The molecule has 1 heteroatoms. The van der Waals surface area contributed by atoms with Crippen molar-refractivity contribution in [2.75, 3.05) is 0 Å². The lowest BCUT2D eigenvalue weighted by atomic mass is 9.91. The maximum atomic E-state index is 8.07. The van der Waals surface area contributed by atoms with Crippen molar-refractivity contribution in [2.24, 2.45) is 7.05 Å². The molecular weight excluding hydrogens is 338 g/mol. The number of hydrogen-bond donors (Lipinski definition) is 0. The molecule has 0 amide bonds. The molecule has 0 saturated carbocycles. The van der Waals surface area contributed by atoms with Crippen LogP contribution in [0, 0.1) is 20.6 Å². The van der Waals surface area contributed by atoms with E-state index in [1.54, 1.807) is 18.3 Å². The Hall–Kier alpha value is -3.19. The normalized spacial score (nSPS) is 14.9. The molecule has 0 unspecified atom stereocenters. The molecule has 0 N–H and O–H groups in total. The summed E-state index contributed by atoms with van der Waals surface area (Å²) in [7, 11) is 1.84. The van der Waals surface area contributed by atoms with Gasteiger partial charge in [-0.25, -0.2) is 4.57 Å². The third-order valence-electron chi connectivity index (χ3n) is 5.19. The fourth-order valence-electron chi connectivity index (χ4n) is 3.70. The Morgan fingerprint density at radius 3 is 2.14 bits per heavy atom. The van der Waals surface area contributed by atoms with E-state index in [0.29, 0.717) is 16.7 Å². The van der Waals surface area contributed by atoms with Crippen LogP contribution >= 0.6 is 0 Å². The van der Waals surface area contributed by atoms with E-state index in [-0.39, 0.29) is 5.56 Å². The number of aromatic nitrogens is 1. The third kappa shape index (κ3) is 3.25. The van der Waals surface area contributed by atoms with Crippen LogP contribution in [0.3, 0.4) is 0 Å². The Morgan fingerprint density at radius 1 is 0.679 bits per heavy atom. The van der Waals surface area contributed by atoms with E-state index in [2.05, 4.69) is 0 Å². The third-order valence-corrected chi connectivity index (χ3v) is 5.19. The van der Waals surface area contributed by atoms with Gasteiger partial charge in [0, 0.05) is 25.4 Å². The Morgan fingerprint density at radius 2 is 1.36 bits per heavy atom. The highest BCUT2D eigenvalue weighted by Gasteiger charge is 2.18. The predicted molar refractivity (Wildman–Crippen MR) is 118 cm³/mol. The summed E-state index contributed by atoms with van der Waals surface area (Å²) in [5.41, 5.74) is 6.27. The first kappa shape index (κ1) is 12.3. The molecule has 0 saturated heterocycles. The molecule has 0 aliphatic heterocycles. The fraction of sp³-hybridized carbons (Fsp3) is 0.148. The van der Waals surface area contributed by atoms with E-state index in [4.69, 9.17) is 8.22 Å². The van der Waals surface area contributed by atoms with Crippen LogP contribution in [-0.2, 0) is 7.05 Å². The molecule has 0 atom stereocenters. The minimum absolute atomic E-state index is 0.284. The molecule has 0 bridgehead atoms. The number of nitrogens with zero attached hydrogens (tertiary/aromatic N) is 1. The lowest BCUT2D eigenvalue weighted by molar-refractivity contribution is -0.660. The molecule has 1 nitrogen and oxygen atoms in total. The average Bonchev–Trinajstić information content (AvgIpc) is 2.79. The minimum atomic E-state index is -2.27. The number of benzene rings is 3. The van der Waals surface area contributed by atoms with Crippen molar-refractivity contribution in [3.8, 4) is 33.5 Å². The highest BCUT2D eigenvalue weighted by Crippen LogP contribution is 2.34. The molecule has 1 heterocycles. The van der Waals surface area contributed by atoms with Gasteiger partial charge in [0.1, 0.15) is 7.05 Å². The SMILES string of the molecule is [2H]C([2H])([2H])c1c[n+](C)c(-c2cccc(-c3ccccc3C([2H])([2H])[2H])c2C)cc1-c1ccccc1. The molecule has 1 aromatic heterocycles. The van der Waals surface area contributed by atoms with Crippen molar-refractivity contribution < 1.29 is 12.8 Å². The van der Waals surface area contributed by atoms with Gasteiger partial charge in [-0.3, -0.25) is 0 Å². The minimum Gasteiger partial charge on any atom is -0.201 e. The Bertz CT molecular complexity index is 1340. The van der Waals surface area contributed by atoms with Gasteiger partial charge in [-0.1, -0.05) is 66.7 Å². The second-order valence-electron chi connectivity index (χ2n) is 6.99. The van der Waals surface area contributed by atoms with Gasteiger partial charge < -0.3 is 0 Å². The number of aryl methyl sites for hydroxylation is 3. The van der Waals surface area contributed by atoms with Crippen LogP contribution in [0.1, 0.15) is 24.9 Å². The second-order valence-corrected chi connectivity index (χ2v) is 6.99. The zero-order chi connectivity index (χ0) is 24.7. The van der Waals surface area contributed by atoms with Crippen molar-refractivity contribution in [1.82, 2.24) is 0 Å². The summed E-state index contributed by atoms with van der Waals surface area (Å²) in [4.78, 5) is 0. The van der Waals surface area contributed by atoms with Crippen molar-refractivity contribution in [3.05, 3.63) is 102 Å². The van der Waals surface area contributed by atoms with Crippen LogP contribution in [-0.4, -0.2) is 0 Å². The lowest BCUT2D eigenvalue weighted by Crippen LogP contribution is -2.31. The summed E-state index contributed by atoms with van der Waals surface area (Å²) in [6.07, 6.45) is 1.67. The summed E-state index contributed by atoms with van der Waals surface area (Å²) in [5.74, 6) is 0. The van der Waals surface area contributed by atoms with Crippen molar-refractivity contribution >= 4 is 0 Å². The van der Waals surface area contributed by atoms with Gasteiger partial charge in [0.2, 0.25) is 5.69 Å². The summed E-state index contributed by atoms with van der Waals surface area (Å²) in [6.45, 7) is -2.52. The maximum absolute atomic E-state index is 8.07. The van der Waals surface area contributed by atoms with Gasteiger partial charge in [0.25, 0.3) is 0 Å². The van der Waals surface area contributed by atoms with Crippen molar-refractivity contribution in [2.45, 2.75) is 20.6 Å². The largest absolute Gasteiger partial charge is 0.213 e. The first-order valence-corrected chi connectivity index (χ1v) is 9.28. The molecule has 4 aromatic rings. The average molecular weight is 371 g/mol.